The molecule has 1 aromatic carbocycles. The molecular weight excluding hydrogens is 338 g/mol. The quantitative estimate of drug-likeness (QED) is 0.847. The first-order chi connectivity index (χ1) is 12.9. The van der Waals surface area contributed by atoms with Gasteiger partial charge in [-0.15, -0.1) is 0 Å². The highest BCUT2D eigenvalue weighted by molar-refractivity contribution is 6.06. The molecule has 2 heterocycles. The SMILES string of the molecule is CC(C)CN1CCOC(CNC(=O)c2cc(C(C)C)nc3ccccc23)C1. The molecule has 1 atom stereocenters. The lowest BCUT2D eigenvalue weighted by Gasteiger charge is -2.34. The molecule has 1 fully saturated rings. The first-order valence-corrected chi connectivity index (χ1v) is 9.96. The van der Waals surface area contributed by atoms with Crippen molar-refractivity contribution in [1.82, 2.24) is 15.2 Å². The third kappa shape index (κ3) is 5.05. The van der Waals surface area contributed by atoms with E-state index in [0.717, 1.165) is 42.8 Å². The Balaban J connectivity index is 1.71. The summed E-state index contributed by atoms with van der Waals surface area (Å²) in [6.07, 6.45) is 0.0409. The first kappa shape index (κ1) is 19.8. The van der Waals surface area contributed by atoms with Crippen LogP contribution >= 0.6 is 0 Å². The number of morpholine rings is 1. The van der Waals surface area contributed by atoms with Crippen LogP contribution in [0.1, 0.15) is 49.7 Å². The van der Waals surface area contributed by atoms with Gasteiger partial charge in [-0.1, -0.05) is 45.9 Å². The van der Waals surface area contributed by atoms with Crippen molar-refractivity contribution >= 4 is 16.8 Å². The summed E-state index contributed by atoms with van der Waals surface area (Å²) >= 11 is 0. The summed E-state index contributed by atoms with van der Waals surface area (Å²) in [5.74, 6) is 0.850. The van der Waals surface area contributed by atoms with E-state index in [4.69, 9.17) is 9.72 Å². The topological polar surface area (TPSA) is 54.5 Å². The van der Waals surface area contributed by atoms with Crippen molar-refractivity contribution in [2.45, 2.75) is 39.7 Å². The monoisotopic (exact) mass is 369 g/mol. The van der Waals surface area contributed by atoms with Crippen molar-refractivity contribution in [2.24, 2.45) is 5.92 Å². The molecule has 1 aliphatic heterocycles. The van der Waals surface area contributed by atoms with Gasteiger partial charge in [0.05, 0.1) is 23.8 Å². The molecule has 5 heteroatoms. The van der Waals surface area contributed by atoms with E-state index in [1.807, 2.05) is 30.3 Å². The highest BCUT2D eigenvalue weighted by Crippen LogP contribution is 2.22. The Morgan fingerprint density at radius 1 is 1.30 bits per heavy atom. The van der Waals surface area contributed by atoms with Gasteiger partial charge in [0.1, 0.15) is 0 Å². The summed E-state index contributed by atoms with van der Waals surface area (Å²) < 4.78 is 5.86. The van der Waals surface area contributed by atoms with Crippen LogP contribution in [0.2, 0.25) is 0 Å². The van der Waals surface area contributed by atoms with Crippen LogP contribution in [0.15, 0.2) is 30.3 Å². The lowest BCUT2D eigenvalue weighted by Crippen LogP contribution is -2.48. The summed E-state index contributed by atoms with van der Waals surface area (Å²) in [5, 5.41) is 3.98. The van der Waals surface area contributed by atoms with E-state index >= 15 is 0 Å². The van der Waals surface area contributed by atoms with E-state index in [9.17, 15) is 4.79 Å². The number of aromatic nitrogens is 1. The van der Waals surface area contributed by atoms with Gasteiger partial charge in [0.2, 0.25) is 0 Å². The third-order valence-electron chi connectivity index (χ3n) is 4.91. The Morgan fingerprint density at radius 2 is 2.07 bits per heavy atom. The Hall–Kier alpha value is -1.98. The molecule has 0 saturated carbocycles. The summed E-state index contributed by atoms with van der Waals surface area (Å²) in [4.78, 5) is 20.0. The minimum atomic E-state index is -0.0555. The van der Waals surface area contributed by atoms with Gasteiger partial charge in [-0.2, -0.15) is 0 Å². The van der Waals surface area contributed by atoms with E-state index in [2.05, 4.69) is 37.9 Å². The largest absolute Gasteiger partial charge is 0.374 e. The first-order valence-electron chi connectivity index (χ1n) is 9.96. The lowest BCUT2D eigenvalue weighted by atomic mass is 10.0. The molecule has 2 aromatic rings. The molecule has 1 N–H and O–H groups in total. The number of ether oxygens (including phenoxy) is 1. The Bertz CT molecular complexity index is 788. The third-order valence-corrected chi connectivity index (χ3v) is 4.91. The maximum absolute atomic E-state index is 12.9. The van der Waals surface area contributed by atoms with Crippen molar-refractivity contribution < 1.29 is 9.53 Å². The summed E-state index contributed by atoms with van der Waals surface area (Å²) in [7, 11) is 0. The van der Waals surface area contributed by atoms with Gasteiger partial charge in [-0.25, -0.2) is 0 Å². The van der Waals surface area contributed by atoms with Gasteiger partial charge in [-0.3, -0.25) is 14.7 Å². The second-order valence-corrected chi connectivity index (χ2v) is 8.12. The number of carbonyl (C=O) groups is 1. The van der Waals surface area contributed by atoms with Gasteiger partial charge in [-0.05, 0) is 24.0 Å². The second kappa shape index (κ2) is 8.81. The predicted octanol–water partition coefficient (Wildman–Crippen LogP) is 3.44. The molecule has 0 bridgehead atoms. The Morgan fingerprint density at radius 3 is 2.81 bits per heavy atom. The highest BCUT2D eigenvalue weighted by Gasteiger charge is 2.22. The minimum Gasteiger partial charge on any atom is -0.374 e. The van der Waals surface area contributed by atoms with Crippen LogP contribution in [-0.2, 0) is 4.74 Å². The zero-order chi connectivity index (χ0) is 19.4. The van der Waals surface area contributed by atoms with Crippen LogP contribution in [0.25, 0.3) is 10.9 Å². The Labute approximate surface area is 162 Å². The molecule has 1 saturated heterocycles. The predicted molar refractivity (Wildman–Crippen MR) is 109 cm³/mol. The van der Waals surface area contributed by atoms with Gasteiger partial charge in [0.25, 0.3) is 5.91 Å². The van der Waals surface area contributed by atoms with E-state index in [-0.39, 0.29) is 17.9 Å². The molecular formula is C22H31N3O2. The maximum Gasteiger partial charge on any atom is 0.252 e. The summed E-state index contributed by atoms with van der Waals surface area (Å²) in [6, 6.07) is 9.76. The number of hydrogen-bond donors (Lipinski definition) is 1. The number of carbonyl (C=O) groups excluding carboxylic acids is 1. The Kier molecular flexibility index (Phi) is 6.45. The molecule has 0 aliphatic carbocycles. The number of fused-ring (bicyclic) bond motifs is 1. The minimum absolute atomic E-state index is 0.0409. The molecule has 1 unspecified atom stereocenters. The fourth-order valence-electron chi connectivity index (χ4n) is 3.57. The average molecular weight is 370 g/mol. The maximum atomic E-state index is 12.9. The van der Waals surface area contributed by atoms with Gasteiger partial charge in [0.15, 0.2) is 0 Å². The molecule has 1 aromatic heterocycles. The number of nitrogens with one attached hydrogen (secondary N) is 1. The number of nitrogens with zero attached hydrogens (tertiary/aromatic N) is 2. The molecule has 1 aliphatic rings. The van der Waals surface area contributed by atoms with E-state index in [1.165, 1.54) is 0 Å². The standard InChI is InChI=1S/C22H31N3O2/c1-15(2)13-25-9-10-27-17(14-25)12-23-22(26)19-11-21(16(3)4)24-20-8-6-5-7-18(19)20/h5-8,11,15-17H,9-10,12-14H2,1-4H3,(H,23,26). The zero-order valence-electron chi connectivity index (χ0n) is 16.9. The number of para-hydroxylation sites is 1. The summed E-state index contributed by atoms with van der Waals surface area (Å²) in [5.41, 5.74) is 2.50. The number of hydrogen-bond acceptors (Lipinski definition) is 4. The van der Waals surface area contributed by atoms with Crippen molar-refractivity contribution in [2.75, 3.05) is 32.8 Å². The van der Waals surface area contributed by atoms with Crippen LogP contribution in [0.3, 0.4) is 0 Å². The van der Waals surface area contributed by atoms with Crippen LogP contribution in [0.4, 0.5) is 0 Å². The molecule has 1 amide bonds. The van der Waals surface area contributed by atoms with E-state index < -0.39 is 0 Å². The summed E-state index contributed by atoms with van der Waals surface area (Å²) in [6.45, 7) is 12.8. The van der Waals surface area contributed by atoms with Crippen LogP contribution in [0.5, 0.6) is 0 Å². The molecule has 5 nitrogen and oxygen atoms in total. The normalized spacial score (nSPS) is 18.4. The van der Waals surface area contributed by atoms with E-state index in [0.29, 0.717) is 18.0 Å². The van der Waals surface area contributed by atoms with Crippen molar-refractivity contribution in [3.63, 3.8) is 0 Å². The number of amides is 1. The fourth-order valence-corrected chi connectivity index (χ4v) is 3.57. The molecule has 27 heavy (non-hydrogen) atoms. The van der Waals surface area contributed by atoms with Crippen molar-refractivity contribution in [3.8, 4) is 0 Å². The highest BCUT2D eigenvalue weighted by atomic mass is 16.5. The smallest absolute Gasteiger partial charge is 0.252 e. The van der Waals surface area contributed by atoms with E-state index in [1.54, 1.807) is 0 Å². The average Bonchev–Trinajstić information content (AvgIpc) is 2.65. The van der Waals surface area contributed by atoms with Gasteiger partial charge < -0.3 is 10.1 Å². The molecule has 0 spiro atoms. The lowest BCUT2D eigenvalue weighted by molar-refractivity contribution is -0.0295. The second-order valence-electron chi connectivity index (χ2n) is 8.12. The zero-order valence-corrected chi connectivity index (χ0v) is 16.9. The number of rotatable bonds is 6. The van der Waals surface area contributed by atoms with Crippen LogP contribution < -0.4 is 5.32 Å². The van der Waals surface area contributed by atoms with Crippen LogP contribution in [-0.4, -0.2) is 54.7 Å². The van der Waals surface area contributed by atoms with Crippen molar-refractivity contribution in [3.05, 3.63) is 41.6 Å². The fraction of sp³-hybridized carbons (Fsp3) is 0.545. The molecule has 3 rings (SSSR count). The van der Waals surface area contributed by atoms with Crippen molar-refractivity contribution in [1.29, 1.82) is 0 Å². The molecule has 0 radical (unpaired) electrons. The molecule has 146 valence electrons. The number of pyridine rings is 1. The van der Waals surface area contributed by atoms with Gasteiger partial charge >= 0.3 is 0 Å². The number of benzene rings is 1. The van der Waals surface area contributed by atoms with Gasteiger partial charge in [0, 0.05) is 37.3 Å². The van der Waals surface area contributed by atoms with Crippen LogP contribution in [0, 0.1) is 5.92 Å².